The van der Waals surface area contributed by atoms with E-state index < -0.39 is 17.9 Å². The summed E-state index contributed by atoms with van der Waals surface area (Å²) in [5.41, 5.74) is 5.31. The zero-order valence-corrected chi connectivity index (χ0v) is 24.0. The van der Waals surface area contributed by atoms with Crippen molar-refractivity contribution >= 4 is 54.1 Å². The molecule has 2 N–H and O–H groups in total. The Balaban J connectivity index is 0.00000462. The number of carbonyl (C=O) groups excluding carboxylic acids is 1. The van der Waals surface area contributed by atoms with Crippen LogP contribution in [-0.4, -0.2) is 58.9 Å². The first-order chi connectivity index (χ1) is 19.4. The molecule has 1 heterocycles. The minimum atomic E-state index is -1.03. The van der Waals surface area contributed by atoms with Crippen molar-refractivity contribution in [2.24, 2.45) is 0 Å². The molecule has 0 aliphatic carbocycles. The van der Waals surface area contributed by atoms with Crippen LogP contribution in [0.15, 0.2) is 85.1 Å². The van der Waals surface area contributed by atoms with E-state index in [4.69, 9.17) is 16.3 Å². The standard InChI is InChI=1S/C32H31ClN2O4S.Li.H/c1-21-7-3-4-8-24(21)26-19-22(13-15-25(26)31(36)35-28(32(37)38)17-18-40-2)11-12-23-14-16-30(34-20-23)39-29-10-6-5-9-27(29)33;;/h3-10,13-16,19-20,28H,11-12,17-18H2,1-2H3,(H,35,36)(H,37,38);;. The summed E-state index contributed by atoms with van der Waals surface area (Å²) in [6, 6.07) is 23.7. The first-order valence-electron chi connectivity index (χ1n) is 12.9. The van der Waals surface area contributed by atoms with Crippen LogP contribution in [0.3, 0.4) is 0 Å². The molecule has 0 fully saturated rings. The number of hydrogen-bond donors (Lipinski definition) is 2. The van der Waals surface area contributed by atoms with Gasteiger partial charge in [0, 0.05) is 17.8 Å². The predicted octanol–water partition coefficient (Wildman–Crippen LogP) is 6.58. The number of para-hydroxylation sites is 1. The maximum absolute atomic E-state index is 13.3. The summed E-state index contributed by atoms with van der Waals surface area (Å²) in [7, 11) is 0. The van der Waals surface area contributed by atoms with E-state index in [0.717, 1.165) is 40.7 Å². The molecule has 0 spiro atoms. The van der Waals surface area contributed by atoms with Crippen molar-refractivity contribution in [1.29, 1.82) is 0 Å². The van der Waals surface area contributed by atoms with Crippen molar-refractivity contribution in [1.82, 2.24) is 10.3 Å². The van der Waals surface area contributed by atoms with Crippen molar-refractivity contribution < 1.29 is 19.4 Å². The summed E-state index contributed by atoms with van der Waals surface area (Å²) in [5.74, 6) is 0.232. The second kappa shape index (κ2) is 15.7. The van der Waals surface area contributed by atoms with Gasteiger partial charge in [0.25, 0.3) is 5.91 Å². The summed E-state index contributed by atoms with van der Waals surface area (Å²) in [6.07, 6.45) is 5.54. The molecular weight excluding hydrogens is 551 g/mol. The van der Waals surface area contributed by atoms with Gasteiger partial charge in [-0.15, -0.1) is 0 Å². The fraction of sp³-hybridized carbons (Fsp3) is 0.219. The number of carboxylic acids is 1. The van der Waals surface area contributed by atoms with Gasteiger partial charge in [0.1, 0.15) is 11.8 Å². The third-order valence-corrected chi connectivity index (χ3v) is 7.49. The Morgan fingerprint density at radius 3 is 2.37 bits per heavy atom. The Kier molecular flexibility index (Phi) is 12.4. The molecule has 0 bridgehead atoms. The quantitative estimate of drug-likeness (QED) is 0.184. The van der Waals surface area contributed by atoms with Crippen LogP contribution in [0.2, 0.25) is 5.02 Å². The number of amides is 1. The predicted molar refractivity (Wildman–Crippen MR) is 169 cm³/mol. The van der Waals surface area contributed by atoms with E-state index in [9.17, 15) is 14.7 Å². The third kappa shape index (κ3) is 8.88. The van der Waals surface area contributed by atoms with Crippen molar-refractivity contribution in [3.05, 3.63) is 112 Å². The number of carboxylic acid groups (broad SMARTS) is 1. The molecule has 9 heteroatoms. The molecule has 1 amide bonds. The Bertz CT molecular complexity index is 1480. The molecule has 0 saturated heterocycles. The van der Waals surface area contributed by atoms with Gasteiger partial charge in [0.05, 0.1) is 5.02 Å². The summed E-state index contributed by atoms with van der Waals surface area (Å²) < 4.78 is 5.78. The molecule has 0 radical (unpaired) electrons. The minimum absolute atomic E-state index is 0. The first kappa shape index (κ1) is 32.3. The van der Waals surface area contributed by atoms with E-state index in [2.05, 4.69) is 10.3 Å². The van der Waals surface area contributed by atoms with Gasteiger partial charge in [-0.1, -0.05) is 66.2 Å². The normalized spacial score (nSPS) is 11.3. The number of aromatic nitrogens is 1. The molecule has 1 atom stereocenters. The van der Waals surface area contributed by atoms with Crippen LogP contribution in [0, 0.1) is 6.92 Å². The van der Waals surface area contributed by atoms with Crippen molar-refractivity contribution in [2.75, 3.05) is 12.0 Å². The number of nitrogens with zero attached hydrogens (tertiary/aromatic N) is 1. The fourth-order valence-electron chi connectivity index (χ4n) is 4.32. The average molecular weight is 583 g/mol. The molecule has 4 aromatic rings. The molecule has 208 valence electrons. The molecule has 0 aliphatic rings. The number of thioether (sulfide) groups is 1. The van der Waals surface area contributed by atoms with Gasteiger partial charge < -0.3 is 15.2 Å². The van der Waals surface area contributed by atoms with Crippen molar-refractivity contribution in [3.8, 4) is 22.8 Å². The Morgan fingerprint density at radius 1 is 0.976 bits per heavy atom. The zero-order chi connectivity index (χ0) is 28.5. The molecule has 1 unspecified atom stereocenters. The fourth-order valence-corrected chi connectivity index (χ4v) is 4.97. The van der Waals surface area contributed by atoms with E-state index in [1.165, 1.54) is 0 Å². The van der Waals surface area contributed by atoms with E-state index in [-0.39, 0.29) is 18.9 Å². The van der Waals surface area contributed by atoms with Gasteiger partial charge in [-0.05, 0) is 84.2 Å². The molecule has 3 aromatic carbocycles. The molecule has 41 heavy (non-hydrogen) atoms. The molecule has 4 rings (SSSR count). The number of hydrogen-bond acceptors (Lipinski definition) is 5. The number of aryl methyl sites for hydroxylation is 3. The SMILES string of the molecule is CSCCC(NC(=O)c1ccc(CCc2ccc(Oc3ccccc3Cl)nc2)cc1-c1ccccc1C)C(=O)O.[LiH]. The van der Waals surface area contributed by atoms with Gasteiger partial charge in [0.15, 0.2) is 0 Å². The van der Waals surface area contributed by atoms with E-state index >= 15 is 0 Å². The summed E-state index contributed by atoms with van der Waals surface area (Å²) >= 11 is 7.72. The molecule has 0 aliphatic heterocycles. The third-order valence-electron chi connectivity index (χ3n) is 6.53. The number of nitrogens with one attached hydrogen (secondary N) is 1. The number of halogens is 1. The van der Waals surface area contributed by atoms with Crippen LogP contribution in [0.4, 0.5) is 0 Å². The summed E-state index contributed by atoms with van der Waals surface area (Å²) in [4.78, 5) is 29.5. The number of ether oxygens (including phenoxy) is 1. The van der Waals surface area contributed by atoms with Gasteiger partial charge in [-0.3, -0.25) is 4.79 Å². The van der Waals surface area contributed by atoms with Gasteiger partial charge >= 0.3 is 24.8 Å². The van der Waals surface area contributed by atoms with Crippen LogP contribution in [0.5, 0.6) is 11.6 Å². The zero-order valence-electron chi connectivity index (χ0n) is 22.4. The summed E-state index contributed by atoms with van der Waals surface area (Å²) in [6.45, 7) is 2.00. The molecule has 1 aromatic heterocycles. The second-order valence-corrected chi connectivity index (χ2v) is 10.8. The second-order valence-electron chi connectivity index (χ2n) is 9.38. The van der Waals surface area contributed by atoms with Crippen LogP contribution < -0.4 is 10.1 Å². The van der Waals surface area contributed by atoms with Gasteiger partial charge in [-0.2, -0.15) is 11.8 Å². The molecule has 6 nitrogen and oxygen atoms in total. The Hall–Kier alpha value is -3.21. The Morgan fingerprint density at radius 2 is 1.68 bits per heavy atom. The number of aliphatic carboxylic acids is 1. The first-order valence-corrected chi connectivity index (χ1v) is 14.7. The number of pyridine rings is 1. The van der Waals surface area contributed by atoms with Crippen molar-refractivity contribution in [2.45, 2.75) is 32.2 Å². The van der Waals surface area contributed by atoms with E-state index in [1.54, 1.807) is 36.2 Å². The number of carbonyl (C=O) groups is 2. The monoisotopic (exact) mass is 582 g/mol. The molecular formula is C32H32ClLiN2O4S. The van der Waals surface area contributed by atoms with Crippen LogP contribution in [0.1, 0.15) is 33.5 Å². The van der Waals surface area contributed by atoms with E-state index in [0.29, 0.717) is 34.4 Å². The number of rotatable bonds is 12. The maximum atomic E-state index is 13.3. The van der Waals surface area contributed by atoms with Crippen LogP contribution in [-0.2, 0) is 17.6 Å². The number of benzene rings is 3. The average Bonchev–Trinajstić information content (AvgIpc) is 2.96. The van der Waals surface area contributed by atoms with Crippen LogP contribution >= 0.6 is 23.4 Å². The Labute approximate surface area is 262 Å². The van der Waals surface area contributed by atoms with Gasteiger partial charge in [0.2, 0.25) is 5.88 Å². The topological polar surface area (TPSA) is 88.5 Å². The van der Waals surface area contributed by atoms with E-state index in [1.807, 2.05) is 73.8 Å². The van der Waals surface area contributed by atoms with Gasteiger partial charge in [-0.25, -0.2) is 9.78 Å². The van der Waals surface area contributed by atoms with Crippen LogP contribution in [0.25, 0.3) is 11.1 Å². The molecule has 0 saturated carbocycles. The summed E-state index contributed by atoms with van der Waals surface area (Å²) in [5, 5.41) is 12.9. The van der Waals surface area contributed by atoms with Crippen molar-refractivity contribution in [3.63, 3.8) is 0 Å².